The summed E-state index contributed by atoms with van der Waals surface area (Å²) in [6.07, 6.45) is 8.48. The summed E-state index contributed by atoms with van der Waals surface area (Å²) in [4.78, 5) is 0. The van der Waals surface area contributed by atoms with Crippen molar-refractivity contribution >= 4 is 23.5 Å². The van der Waals surface area contributed by atoms with Gasteiger partial charge in [0.05, 0.1) is 6.04 Å². The van der Waals surface area contributed by atoms with Gasteiger partial charge in [-0.1, -0.05) is 35.5 Å². The molecule has 0 aliphatic heterocycles. The number of para-hydroxylation sites is 1. The summed E-state index contributed by atoms with van der Waals surface area (Å²) in [5.74, 6) is 3.26. The Balaban J connectivity index is 1.94. The number of nitrogens with one attached hydrogen (secondary N) is 1. The first kappa shape index (κ1) is 18.1. The molecule has 0 saturated carbocycles. The number of benzene rings is 1. The normalized spacial score (nSPS) is 13.6. The first-order chi connectivity index (χ1) is 11.6. The van der Waals surface area contributed by atoms with Gasteiger partial charge in [0.2, 0.25) is 0 Å². The molecule has 2 unspecified atom stereocenters. The SMILES string of the molecule is C#CC(C)NCC(O)COc1ccccc1/C=C/c1nnc(C)s1. The van der Waals surface area contributed by atoms with Crippen molar-refractivity contribution in [2.24, 2.45) is 0 Å². The van der Waals surface area contributed by atoms with Crippen LogP contribution in [0.4, 0.5) is 0 Å². The van der Waals surface area contributed by atoms with Gasteiger partial charge in [0.1, 0.15) is 28.5 Å². The highest BCUT2D eigenvalue weighted by Gasteiger charge is 2.08. The second kappa shape index (κ2) is 9.18. The third kappa shape index (κ3) is 5.78. The Morgan fingerprint density at radius 1 is 1.38 bits per heavy atom. The predicted molar refractivity (Wildman–Crippen MR) is 97.8 cm³/mol. The zero-order chi connectivity index (χ0) is 17.4. The second-order valence-electron chi connectivity index (χ2n) is 5.29. The van der Waals surface area contributed by atoms with E-state index in [4.69, 9.17) is 11.2 Å². The minimum absolute atomic E-state index is 0.0785. The number of nitrogens with zero attached hydrogens (tertiary/aromatic N) is 2. The summed E-state index contributed by atoms with van der Waals surface area (Å²) in [6, 6.07) is 7.57. The van der Waals surface area contributed by atoms with Crippen molar-refractivity contribution in [1.82, 2.24) is 15.5 Å². The van der Waals surface area contributed by atoms with Gasteiger partial charge in [0.25, 0.3) is 0 Å². The smallest absolute Gasteiger partial charge is 0.140 e. The zero-order valence-electron chi connectivity index (χ0n) is 13.8. The van der Waals surface area contributed by atoms with Crippen molar-refractivity contribution < 1.29 is 9.84 Å². The molecule has 2 atom stereocenters. The number of aryl methyl sites for hydroxylation is 1. The summed E-state index contributed by atoms with van der Waals surface area (Å²) < 4.78 is 5.73. The topological polar surface area (TPSA) is 67.3 Å². The maximum Gasteiger partial charge on any atom is 0.140 e. The van der Waals surface area contributed by atoms with Gasteiger partial charge >= 0.3 is 0 Å². The van der Waals surface area contributed by atoms with E-state index in [-0.39, 0.29) is 12.6 Å². The standard InChI is InChI=1S/C18H21N3O2S/c1-4-13(2)19-11-16(22)12-23-17-8-6-5-7-15(17)9-10-18-21-20-14(3)24-18/h1,5-10,13,16,19,22H,11-12H2,2-3H3/b10-9+. The molecule has 24 heavy (non-hydrogen) atoms. The van der Waals surface area contributed by atoms with Crippen LogP contribution in [0.25, 0.3) is 12.2 Å². The molecule has 1 aromatic heterocycles. The van der Waals surface area contributed by atoms with Crippen molar-refractivity contribution in [2.45, 2.75) is 26.0 Å². The van der Waals surface area contributed by atoms with Gasteiger partial charge in [0, 0.05) is 12.1 Å². The van der Waals surface area contributed by atoms with E-state index in [9.17, 15) is 5.11 Å². The molecular formula is C18H21N3O2S. The molecule has 2 rings (SSSR count). The molecule has 1 aromatic carbocycles. The van der Waals surface area contributed by atoms with Crippen LogP contribution in [-0.4, -0.2) is 40.6 Å². The van der Waals surface area contributed by atoms with E-state index in [1.165, 1.54) is 11.3 Å². The molecule has 5 nitrogen and oxygen atoms in total. The maximum atomic E-state index is 9.97. The summed E-state index contributed by atoms with van der Waals surface area (Å²) in [5, 5.41) is 22.8. The highest BCUT2D eigenvalue weighted by Crippen LogP contribution is 2.21. The molecule has 2 N–H and O–H groups in total. The lowest BCUT2D eigenvalue weighted by atomic mass is 10.2. The third-order valence-corrected chi connectivity index (χ3v) is 4.01. The molecule has 0 bridgehead atoms. The molecule has 0 aliphatic carbocycles. The van der Waals surface area contributed by atoms with E-state index in [2.05, 4.69) is 21.4 Å². The van der Waals surface area contributed by atoms with Crippen molar-refractivity contribution in [3.05, 3.63) is 39.8 Å². The summed E-state index contributed by atoms with van der Waals surface area (Å²) >= 11 is 1.53. The fourth-order valence-corrected chi connectivity index (χ4v) is 2.51. The number of hydrogen-bond acceptors (Lipinski definition) is 6. The minimum Gasteiger partial charge on any atom is -0.490 e. The van der Waals surface area contributed by atoms with Crippen LogP contribution in [0, 0.1) is 19.3 Å². The number of rotatable bonds is 8. The monoisotopic (exact) mass is 343 g/mol. The average Bonchev–Trinajstić information content (AvgIpc) is 3.02. The van der Waals surface area contributed by atoms with Gasteiger partial charge in [-0.05, 0) is 32.1 Å². The number of aromatic nitrogens is 2. The molecule has 0 spiro atoms. The lowest BCUT2D eigenvalue weighted by Crippen LogP contribution is -2.35. The van der Waals surface area contributed by atoms with Gasteiger partial charge in [0.15, 0.2) is 0 Å². The van der Waals surface area contributed by atoms with E-state index in [1.54, 1.807) is 0 Å². The molecule has 2 aromatic rings. The molecule has 0 fully saturated rings. The molecule has 1 heterocycles. The molecule has 0 aliphatic rings. The van der Waals surface area contributed by atoms with Gasteiger partial charge in [-0.15, -0.1) is 16.6 Å². The van der Waals surface area contributed by atoms with Crippen molar-refractivity contribution in [3.8, 4) is 18.1 Å². The Morgan fingerprint density at radius 2 is 2.17 bits per heavy atom. The Morgan fingerprint density at radius 3 is 2.88 bits per heavy atom. The molecule has 126 valence electrons. The first-order valence-corrected chi connectivity index (χ1v) is 8.47. The fraction of sp³-hybridized carbons (Fsp3) is 0.333. The van der Waals surface area contributed by atoms with Crippen LogP contribution >= 0.6 is 11.3 Å². The number of ether oxygens (including phenoxy) is 1. The van der Waals surface area contributed by atoms with Crippen LogP contribution < -0.4 is 10.1 Å². The Kier molecular flexibility index (Phi) is 6.94. The summed E-state index contributed by atoms with van der Waals surface area (Å²) in [7, 11) is 0. The average molecular weight is 343 g/mol. The van der Waals surface area contributed by atoms with Crippen molar-refractivity contribution in [1.29, 1.82) is 0 Å². The van der Waals surface area contributed by atoms with Gasteiger partial charge < -0.3 is 15.2 Å². The second-order valence-corrected chi connectivity index (χ2v) is 6.51. The van der Waals surface area contributed by atoms with Crippen molar-refractivity contribution in [2.75, 3.05) is 13.2 Å². The molecular weight excluding hydrogens is 322 g/mol. The zero-order valence-corrected chi connectivity index (χ0v) is 14.6. The Hall–Kier alpha value is -2.20. The largest absolute Gasteiger partial charge is 0.490 e. The molecule has 6 heteroatoms. The maximum absolute atomic E-state index is 9.97. The van der Waals surface area contributed by atoms with E-state index in [0.29, 0.717) is 12.3 Å². The van der Waals surface area contributed by atoms with Gasteiger partial charge in [-0.3, -0.25) is 0 Å². The number of terminal acetylenes is 1. The van der Waals surface area contributed by atoms with Gasteiger partial charge in [-0.2, -0.15) is 0 Å². The van der Waals surface area contributed by atoms with Crippen LogP contribution in [0.15, 0.2) is 24.3 Å². The minimum atomic E-state index is -0.636. The molecule has 0 radical (unpaired) electrons. The van der Waals surface area contributed by atoms with E-state index >= 15 is 0 Å². The quantitative estimate of drug-likeness (QED) is 0.720. The Labute approximate surface area is 146 Å². The van der Waals surface area contributed by atoms with E-state index in [0.717, 1.165) is 15.6 Å². The number of aliphatic hydroxyl groups excluding tert-OH is 1. The third-order valence-electron chi connectivity index (χ3n) is 3.21. The predicted octanol–water partition coefficient (Wildman–Crippen LogP) is 2.37. The van der Waals surface area contributed by atoms with Crippen LogP contribution in [-0.2, 0) is 0 Å². The highest BCUT2D eigenvalue weighted by atomic mass is 32.1. The van der Waals surface area contributed by atoms with Crippen LogP contribution in [0.3, 0.4) is 0 Å². The number of aliphatic hydroxyl groups is 1. The summed E-state index contributed by atoms with van der Waals surface area (Å²) in [5.41, 5.74) is 0.919. The highest BCUT2D eigenvalue weighted by molar-refractivity contribution is 7.12. The van der Waals surface area contributed by atoms with Crippen molar-refractivity contribution in [3.63, 3.8) is 0 Å². The van der Waals surface area contributed by atoms with Crippen LogP contribution in [0.5, 0.6) is 5.75 Å². The molecule has 0 amide bonds. The first-order valence-electron chi connectivity index (χ1n) is 7.66. The van der Waals surface area contributed by atoms with E-state index < -0.39 is 6.10 Å². The van der Waals surface area contributed by atoms with E-state index in [1.807, 2.05) is 50.3 Å². The number of hydrogen-bond donors (Lipinski definition) is 2. The Bertz CT molecular complexity index is 721. The van der Waals surface area contributed by atoms with Crippen LogP contribution in [0.2, 0.25) is 0 Å². The fourth-order valence-electron chi connectivity index (χ4n) is 1.91. The van der Waals surface area contributed by atoms with Crippen LogP contribution in [0.1, 0.15) is 22.5 Å². The lowest BCUT2D eigenvalue weighted by molar-refractivity contribution is 0.105. The molecule has 0 saturated heterocycles. The summed E-state index contributed by atoms with van der Waals surface area (Å²) in [6.45, 7) is 4.35. The van der Waals surface area contributed by atoms with Gasteiger partial charge in [-0.25, -0.2) is 0 Å². The lowest BCUT2D eigenvalue weighted by Gasteiger charge is -2.15.